The van der Waals surface area contributed by atoms with Crippen molar-refractivity contribution in [1.29, 1.82) is 0 Å². The van der Waals surface area contributed by atoms with Gasteiger partial charge in [-0.15, -0.1) is 0 Å². The standard InChI is InChI=1S/C24H38N2/c1-3-7-21(8-4-1)19-25-15-11-23(12-16-25)24-13-17-26(18-14-24)20-22-9-5-2-6-10-22/h1,3-4,7-8,22-24H,2,5-6,9-20H2. The van der Waals surface area contributed by atoms with Crippen molar-refractivity contribution in [3.63, 3.8) is 0 Å². The van der Waals surface area contributed by atoms with E-state index >= 15 is 0 Å². The van der Waals surface area contributed by atoms with E-state index in [9.17, 15) is 0 Å². The molecular weight excluding hydrogens is 316 g/mol. The molecule has 0 spiro atoms. The second kappa shape index (κ2) is 9.37. The van der Waals surface area contributed by atoms with Crippen LogP contribution in [0.4, 0.5) is 0 Å². The summed E-state index contributed by atoms with van der Waals surface area (Å²) in [5.74, 6) is 3.02. The predicted octanol–water partition coefficient (Wildman–Crippen LogP) is 5.19. The van der Waals surface area contributed by atoms with E-state index in [1.54, 1.807) is 0 Å². The summed E-state index contributed by atoms with van der Waals surface area (Å²) in [5, 5.41) is 0. The Morgan fingerprint density at radius 3 is 1.85 bits per heavy atom. The first kappa shape index (κ1) is 18.5. The molecule has 3 fully saturated rings. The Kier molecular flexibility index (Phi) is 6.67. The lowest BCUT2D eigenvalue weighted by atomic mass is 9.78. The van der Waals surface area contributed by atoms with Crippen molar-refractivity contribution >= 4 is 0 Å². The molecule has 1 aromatic rings. The average Bonchev–Trinajstić information content (AvgIpc) is 2.71. The number of piperidine rings is 2. The van der Waals surface area contributed by atoms with Crippen LogP contribution in [0.15, 0.2) is 30.3 Å². The fourth-order valence-electron chi connectivity index (χ4n) is 5.77. The van der Waals surface area contributed by atoms with E-state index < -0.39 is 0 Å². The van der Waals surface area contributed by atoms with Crippen LogP contribution in [0.5, 0.6) is 0 Å². The number of nitrogens with zero attached hydrogens (tertiary/aromatic N) is 2. The first-order chi connectivity index (χ1) is 12.9. The third kappa shape index (κ3) is 5.10. The molecule has 0 bridgehead atoms. The Bertz CT molecular complexity index is 506. The molecule has 4 rings (SSSR count). The quantitative estimate of drug-likeness (QED) is 0.718. The molecule has 2 aliphatic heterocycles. The summed E-state index contributed by atoms with van der Waals surface area (Å²) >= 11 is 0. The molecule has 1 saturated carbocycles. The summed E-state index contributed by atoms with van der Waals surface area (Å²) in [4.78, 5) is 5.47. The van der Waals surface area contributed by atoms with Crippen molar-refractivity contribution in [1.82, 2.24) is 9.80 Å². The minimum Gasteiger partial charge on any atom is -0.303 e. The van der Waals surface area contributed by atoms with Crippen LogP contribution in [0.1, 0.15) is 63.4 Å². The summed E-state index contributed by atoms with van der Waals surface area (Å²) in [5.41, 5.74) is 1.47. The molecule has 0 unspecified atom stereocenters. The first-order valence-electron chi connectivity index (χ1n) is 11.4. The van der Waals surface area contributed by atoms with Gasteiger partial charge in [-0.05, 0) is 88.0 Å². The number of hydrogen-bond donors (Lipinski definition) is 0. The van der Waals surface area contributed by atoms with Gasteiger partial charge in [-0.1, -0.05) is 49.6 Å². The molecule has 0 N–H and O–H groups in total. The van der Waals surface area contributed by atoms with Gasteiger partial charge in [0.25, 0.3) is 0 Å². The lowest BCUT2D eigenvalue weighted by Crippen LogP contribution is -2.42. The van der Waals surface area contributed by atoms with Crippen molar-refractivity contribution < 1.29 is 0 Å². The Morgan fingerprint density at radius 1 is 0.654 bits per heavy atom. The minimum absolute atomic E-state index is 0.999. The zero-order valence-electron chi connectivity index (χ0n) is 16.6. The zero-order chi connectivity index (χ0) is 17.6. The normalized spacial score (nSPS) is 25.5. The van der Waals surface area contributed by atoms with Gasteiger partial charge in [0, 0.05) is 13.1 Å². The van der Waals surface area contributed by atoms with Crippen LogP contribution < -0.4 is 0 Å². The highest BCUT2D eigenvalue weighted by atomic mass is 15.1. The monoisotopic (exact) mass is 354 g/mol. The van der Waals surface area contributed by atoms with E-state index in [-0.39, 0.29) is 0 Å². The second-order valence-corrected chi connectivity index (χ2v) is 9.24. The van der Waals surface area contributed by atoms with Crippen LogP contribution in [-0.4, -0.2) is 42.5 Å². The van der Waals surface area contributed by atoms with Gasteiger partial charge in [-0.2, -0.15) is 0 Å². The Morgan fingerprint density at radius 2 is 1.23 bits per heavy atom. The maximum absolute atomic E-state index is 2.80. The molecule has 1 aliphatic carbocycles. The Balaban J connectivity index is 1.16. The van der Waals surface area contributed by atoms with Crippen LogP contribution in [0.25, 0.3) is 0 Å². The van der Waals surface area contributed by atoms with Crippen LogP contribution >= 0.6 is 0 Å². The number of hydrogen-bond acceptors (Lipinski definition) is 2. The van der Waals surface area contributed by atoms with Crippen molar-refractivity contribution in [2.24, 2.45) is 17.8 Å². The van der Waals surface area contributed by atoms with E-state index in [2.05, 4.69) is 40.1 Å². The van der Waals surface area contributed by atoms with Crippen molar-refractivity contribution in [2.75, 3.05) is 32.7 Å². The van der Waals surface area contributed by atoms with Crippen molar-refractivity contribution in [3.8, 4) is 0 Å². The highest BCUT2D eigenvalue weighted by Crippen LogP contribution is 2.34. The van der Waals surface area contributed by atoms with E-state index in [0.717, 1.165) is 24.3 Å². The van der Waals surface area contributed by atoms with Crippen LogP contribution in [-0.2, 0) is 6.54 Å². The fraction of sp³-hybridized carbons (Fsp3) is 0.750. The summed E-state index contributed by atoms with van der Waals surface area (Å²) in [7, 11) is 0. The summed E-state index contributed by atoms with van der Waals surface area (Å²) < 4.78 is 0. The number of benzene rings is 1. The fourth-order valence-corrected chi connectivity index (χ4v) is 5.77. The highest BCUT2D eigenvalue weighted by Gasteiger charge is 2.30. The predicted molar refractivity (Wildman–Crippen MR) is 110 cm³/mol. The molecule has 144 valence electrons. The molecule has 1 aromatic carbocycles. The van der Waals surface area contributed by atoms with Gasteiger partial charge < -0.3 is 4.90 Å². The SMILES string of the molecule is c1ccc(CN2CCC(C3CCN(CC4CCCCC4)CC3)CC2)cc1. The van der Waals surface area contributed by atoms with E-state index in [4.69, 9.17) is 0 Å². The summed E-state index contributed by atoms with van der Waals surface area (Å²) in [6, 6.07) is 11.0. The van der Waals surface area contributed by atoms with Crippen LogP contribution in [0, 0.1) is 17.8 Å². The first-order valence-corrected chi connectivity index (χ1v) is 11.4. The van der Waals surface area contributed by atoms with E-state index in [1.165, 1.54) is 96.1 Å². The molecule has 0 radical (unpaired) electrons. The van der Waals surface area contributed by atoms with Crippen LogP contribution in [0.2, 0.25) is 0 Å². The van der Waals surface area contributed by atoms with Crippen molar-refractivity contribution in [2.45, 2.75) is 64.3 Å². The lowest BCUT2D eigenvalue weighted by molar-refractivity contribution is 0.0835. The molecular formula is C24H38N2. The lowest BCUT2D eigenvalue weighted by Gasteiger charge is -2.41. The van der Waals surface area contributed by atoms with Gasteiger partial charge in [-0.25, -0.2) is 0 Å². The zero-order valence-corrected chi connectivity index (χ0v) is 16.6. The van der Waals surface area contributed by atoms with Gasteiger partial charge >= 0.3 is 0 Å². The molecule has 2 heterocycles. The minimum atomic E-state index is 0.999. The largest absolute Gasteiger partial charge is 0.303 e. The Hall–Kier alpha value is -0.860. The smallest absolute Gasteiger partial charge is 0.0233 e. The highest BCUT2D eigenvalue weighted by molar-refractivity contribution is 5.14. The van der Waals surface area contributed by atoms with Gasteiger partial charge in [0.05, 0.1) is 0 Å². The molecule has 26 heavy (non-hydrogen) atoms. The molecule has 0 amide bonds. The maximum atomic E-state index is 2.80. The third-order valence-electron chi connectivity index (χ3n) is 7.42. The van der Waals surface area contributed by atoms with Gasteiger partial charge in [0.1, 0.15) is 0 Å². The Labute approximate surface area is 161 Å². The van der Waals surface area contributed by atoms with E-state index in [1.807, 2.05) is 0 Å². The van der Waals surface area contributed by atoms with Gasteiger partial charge in [-0.3, -0.25) is 4.90 Å². The third-order valence-corrected chi connectivity index (χ3v) is 7.42. The second-order valence-electron chi connectivity index (χ2n) is 9.24. The maximum Gasteiger partial charge on any atom is 0.0233 e. The number of likely N-dealkylation sites (tertiary alicyclic amines) is 2. The summed E-state index contributed by atoms with van der Waals surface area (Å²) in [6.45, 7) is 7.93. The van der Waals surface area contributed by atoms with E-state index in [0.29, 0.717) is 0 Å². The molecule has 3 aliphatic rings. The molecule has 0 aromatic heterocycles. The van der Waals surface area contributed by atoms with Gasteiger partial charge in [0.15, 0.2) is 0 Å². The topological polar surface area (TPSA) is 6.48 Å². The van der Waals surface area contributed by atoms with Gasteiger partial charge in [0.2, 0.25) is 0 Å². The van der Waals surface area contributed by atoms with Crippen molar-refractivity contribution in [3.05, 3.63) is 35.9 Å². The van der Waals surface area contributed by atoms with Crippen LogP contribution in [0.3, 0.4) is 0 Å². The molecule has 2 heteroatoms. The number of rotatable bonds is 5. The molecule has 2 nitrogen and oxygen atoms in total. The molecule has 2 saturated heterocycles. The summed E-state index contributed by atoms with van der Waals surface area (Å²) in [6.07, 6.45) is 13.3. The average molecular weight is 355 g/mol. The molecule has 0 atom stereocenters.